The lowest BCUT2D eigenvalue weighted by atomic mass is 9.99. The molecule has 0 spiro atoms. The Morgan fingerprint density at radius 3 is 2.43 bits per heavy atom. The van der Waals surface area contributed by atoms with Crippen LogP contribution in [0.25, 0.3) is 17.1 Å². The highest BCUT2D eigenvalue weighted by molar-refractivity contribution is 8.15. The summed E-state index contributed by atoms with van der Waals surface area (Å²) in [7, 11) is 0. The summed E-state index contributed by atoms with van der Waals surface area (Å²) < 4.78 is 42.7. The van der Waals surface area contributed by atoms with Gasteiger partial charge in [-0.2, -0.15) is 4.99 Å². The number of halogens is 3. The number of hydrogen-bond acceptors (Lipinski definition) is 6. The number of nitrogens with one attached hydrogen (secondary N) is 1. The molecule has 0 radical (unpaired) electrons. The normalized spacial score (nSPS) is 15.2. The number of amides is 1. The molecule has 1 aliphatic heterocycles. The van der Waals surface area contributed by atoms with Crippen molar-refractivity contribution < 1.29 is 22.7 Å². The van der Waals surface area contributed by atoms with Gasteiger partial charge in [0.15, 0.2) is 16.1 Å². The van der Waals surface area contributed by atoms with E-state index in [0.29, 0.717) is 22.4 Å². The molecule has 44 heavy (non-hydrogen) atoms. The average molecular weight is 639 g/mol. The number of nitrogens with zero attached hydrogens (tertiary/aromatic N) is 5. The summed E-state index contributed by atoms with van der Waals surface area (Å²) in [5.74, 6) is 0.637. The number of rotatable bonds is 7. The van der Waals surface area contributed by atoms with E-state index in [0.717, 1.165) is 27.9 Å². The summed E-state index contributed by atoms with van der Waals surface area (Å²) >= 11 is 6.93. The molecule has 1 N–H and O–H groups in total. The Kier molecular flexibility index (Phi) is 9.07. The maximum atomic E-state index is 12.9. The van der Waals surface area contributed by atoms with Gasteiger partial charge in [-0.3, -0.25) is 9.69 Å². The van der Waals surface area contributed by atoms with Crippen molar-refractivity contribution in [3.8, 4) is 22.8 Å². The van der Waals surface area contributed by atoms with Crippen LogP contribution in [0.15, 0.2) is 78.0 Å². The van der Waals surface area contributed by atoms with Crippen LogP contribution in [0.4, 0.5) is 18.9 Å². The van der Waals surface area contributed by atoms with Crippen LogP contribution in [-0.4, -0.2) is 43.1 Å². The number of thiocarbonyl (C=S) groups is 1. The molecule has 1 unspecified atom stereocenters. The zero-order valence-corrected chi connectivity index (χ0v) is 25.9. The molecular formula is C31H29F3N6O2S2. The Bertz CT molecular complexity index is 1700. The largest absolute Gasteiger partial charge is 0.573 e. The number of carbonyl (C=O) groups excluding carboxylic acids is 1. The topological polar surface area (TPSA) is 84.6 Å². The van der Waals surface area contributed by atoms with Gasteiger partial charge in [-0.05, 0) is 79.0 Å². The fourth-order valence-electron chi connectivity index (χ4n) is 4.65. The minimum absolute atomic E-state index is 0.0313. The zero-order valence-electron chi connectivity index (χ0n) is 24.3. The number of anilines is 1. The van der Waals surface area contributed by atoms with Gasteiger partial charge < -0.3 is 10.1 Å². The molecule has 228 valence electrons. The van der Waals surface area contributed by atoms with Gasteiger partial charge in [0.05, 0.1) is 23.2 Å². The molecule has 1 fully saturated rings. The van der Waals surface area contributed by atoms with Crippen molar-refractivity contribution in [2.24, 2.45) is 4.99 Å². The molecule has 4 aromatic rings. The second kappa shape index (κ2) is 12.8. The monoisotopic (exact) mass is 638 g/mol. The van der Waals surface area contributed by atoms with Crippen LogP contribution < -0.4 is 15.0 Å². The van der Waals surface area contributed by atoms with Crippen molar-refractivity contribution >= 4 is 45.9 Å². The highest BCUT2D eigenvalue weighted by Crippen LogP contribution is 2.34. The lowest BCUT2D eigenvalue weighted by Crippen LogP contribution is -2.32. The summed E-state index contributed by atoms with van der Waals surface area (Å²) in [5, 5.41) is 8.51. The first-order valence-corrected chi connectivity index (χ1v) is 15.1. The quantitative estimate of drug-likeness (QED) is 0.212. The highest BCUT2D eigenvalue weighted by Gasteiger charge is 2.32. The summed E-state index contributed by atoms with van der Waals surface area (Å²) in [5.41, 5.74) is 5.20. The van der Waals surface area contributed by atoms with Crippen molar-refractivity contribution in [3.05, 3.63) is 89.7 Å². The number of carbonyl (C=O) groups is 1. The Morgan fingerprint density at radius 1 is 1.07 bits per heavy atom. The van der Waals surface area contributed by atoms with E-state index in [2.05, 4.69) is 45.0 Å². The highest BCUT2D eigenvalue weighted by atomic mass is 32.2. The number of thioether (sulfide) groups is 1. The molecule has 13 heteroatoms. The number of hydrogen-bond donors (Lipinski definition) is 1. The summed E-state index contributed by atoms with van der Waals surface area (Å²) in [6, 6.07) is 18.9. The molecule has 5 rings (SSSR count). The molecule has 1 aliphatic rings. The molecule has 0 aliphatic carbocycles. The van der Waals surface area contributed by atoms with Crippen molar-refractivity contribution in [1.82, 2.24) is 20.1 Å². The van der Waals surface area contributed by atoms with Crippen molar-refractivity contribution in [2.45, 2.75) is 46.0 Å². The van der Waals surface area contributed by atoms with E-state index in [4.69, 9.17) is 12.2 Å². The van der Waals surface area contributed by atoms with Crippen LogP contribution in [0, 0.1) is 6.92 Å². The van der Waals surface area contributed by atoms with Crippen molar-refractivity contribution in [3.63, 3.8) is 0 Å². The molecule has 0 bridgehead atoms. The smallest absolute Gasteiger partial charge is 0.406 e. The van der Waals surface area contributed by atoms with Crippen LogP contribution in [-0.2, 0) is 4.79 Å². The number of aliphatic imine (C=N–C) groups is 1. The number of amidine groups is 1. The van der Waals surface area contributed by atoms with E-state index < -0.39 is 6.36 Å². The van der Waals surface area contributed by atoms with Gasteiger partial charge in [-0.1, -0.05) is 62.0 Å². The van der Waals surface area contributed by atoms with Gasteiger partial charge in [-0.25, -0.2) is 9.67 Å². The van der Waals surface area contributed by atoms with Gasteiger partial charge in [0.25, 0.3) is 0 Å². The standard InChI is InChI=1S/C31H29F3N6O2S2/c1-18(2)25-14-5-19(3)15-26(25)40-27(41)16-44-30(40)37-29(43)36-20(4)21-6-8-22(9-7-21)28-35-17-39(38-28)23-10-12-24(13-11-23)42-31(32,33)34/h5-15,17-18,20H,16H2,1-4H3,(H,36,43)/b37-30-. The molecule has 1 saturated heterocycles. The molecule has 3 aromatic carbocycles. The molecule has 0 saturated carbocycles. The van der Waals surface area contributed by atoms with E-state index in [9.17, 15) is 18.0 Å². The molecule has 8 nitrogen and oxygen atoms in total. The lowest BCUT2D eigenvalue weighted by Gasteiger charge is -2.22. The second-order valence-electron chi connectivity index (χ2n) is 10.5. The van der Waals surface area contributed by atoms with Gasteiger partial charge >= 0.3 is 6.36 Å². The van der Waals surface area contributed by atoms with E-state index >= 15 is 0 Å². The number of aryl methyl sites for hydroxylation is 1. The first-order chi connectivity index (χ1) is 20.9. The Balaban J connectivity index is 1.25. The SMILES string of the molecule is Cc1ccc(C(C)C)c(N2C(=O)CS/C2=N\C(=S)NC(C)c2ccc(-c3ncn(-c4ccc(OC(F)(F)F)cc4)n3)cc2)c1. The first kappa shape index (κ1) is 31.2. The Hall–Kier alpha value is -4.23. The van der Waals surface area contributed by atoms with Crippen molar-refractivity contribution in [1.29, 1.82) is 0 Å². The van der Waals surface area contributed by atoms with Crippen LogP contribution in [0.5, 0.6) is 5.75 Å². The van der Waals surface area contributed by atoms with Crippen LogP contribution in [0.2, 0.25) is 0 Å². The van der Waals surface area contributed by atoms with Gasteiger partial charge in [-0.15, -0.1) is 18.3 Å². The maximum absolute atomic E-state index is 12.9. The third-order valence-electron chi connectivity index (χ3n) is 6.85. The van der Waals surface area contributed by atoms with Crippen LogP contribution in [0.1, 0.15) is 49.4 Å². The predicted octanol–water partition coefficient (Wildman–Crippen LogP) is 7.34. The maximum Gasteiger partial charge on any atom is 0.573 e. The Morgan fingerprint density at radius 2 is 1.77 bits per heavy atom. The van der Waals surface area contributed by atoms with Crippen LogP contribution in [0.3, 0.4) is 0 Å². The average Bonchev–Trinajstić information content (AvgIpc) is 3.59. The molecule has 1 amide bonds. The van der Waals surface area contributed by atoms with Gasteiger partial charge in [0.1, 0.15) is 12.1 Å². The summed E-state index contributed by atoms with van der Waals surface area (Å²) in [6.07, 6.45) is -3.27. The minimum Gasteiger partial charge on any atom is -0.406 e. The first-order valence-electron chi connectivity index (χ1n) is 13.7. The third-order valence-corrected chi connectivity index (χ3v) is 7.98. The van der Waals surface area contributed by atoms with E-state index in [1.54, 1.807) is 4.90 Å². The zero-order chi connectivity index (χ0) is 31.6. The second-order valence-corrected chi connectivity index (χ2v) is 11.8. The predicted molar refractivity (Wildman–Crippen MR) is 170 cm³/mol. The molecular weight excluding hydrogens is 610 g/mol. The number of alkyl halides is 3. The van der Waals surface area contributed by atoms with Crippen LogP contribution >= 0.6 is 24.0 Å². The summed E-state index contributed by atoms with van der Waals surface area (Å²) in [4.78, 5) is 23.5. The summed E-state index contributed by atoms with van der Waals surface area (Å²) in [6.45, 7) is 8.15. The fraction of sp³-hybridized carbons (Fsp3) is 0.258. The van der Waals surface area contributed by atoms with E-state index in [1.165, 1.54) is 47.0 Å². The fourth-order valence-corrected chi connectivity index (χ4v) is 5.83. The minimum atomic E-state index is -4.75. The van der Waals surface area contributed by atoms with Gasteiger partial charge in [0, 0.05) is 5.56 Å². The lowest BCUT2D eigenvalue weighted by molar-refractivity contribution is -0.274. The number of benzene rings is 3. The molecule has 1 atom stereocenters. The molecule has 1 aromatic heterocycles. The van der Waals surface area contributed by atoms with E-state index in [-0.39, 0.29) is 28.7 Å². The number of ether oxygens (including phenoxy) is 1. The van der Waals surface area contributed by atoms with Crippen molar-refractivity contribution in [2.75, 3.05) is 10.7 Å². The van der Waals surface area contributed by atoms with Gasteiger partial charge in [0.2, 0.25) is 5.91 Å². The number of aromatic nitrogens is 3. The Labute approximate surface area is 262 Å². The van der Waals surface area contributed by atoms with E-state index in [1.807, 2.05) is 50.2 Å². The third kappa shape index (κ3) is 7.28. The molecule has 2 heterocycles.